The van der Waals surface area contributed by atoms with Crippen molar-refractivity contribution >= 4 is 38.3 Å². The van der Waals surface area contributed by atoms with Gasteiger partial charge in [-0.2, -0.15) is 0 Å². The van der Waals surface area contributed by atoms with E-state index in [4.69, 9.17) is 0 Å². The first-order valence-electron chi connectivity index (χ1n) is 9.90. The molecule has 1 aromatic heterocycles. The number of benzene rings is 3. The van der Waals surface area contributed by atoms with Crippen LogP contribution in [0.15, 0.2) is 76.4 Å². The van der Waals surface area contributed by atoms with Gasteiger partial charge < -0.3 is 10.3 Å². The van der Waals surface area contributed by atoms with Crippen molar-refractivity contribution in [2.45, 2.75) is 25.3 Å². The summed E-state index contributed by atoms with van der Waals surface area (Å²) < 4.78 is 29.8. The number of rotatable bonds is 6. The normalized spacial score (nSPS) is 11.4. The Morgan fingerprint density at radius 2 is 1.75 bits per heavy atom. The van der Waals surface area contributed by atoms with Gasteiger partial charge in [-0.25, -0.2) is 13.2 Å². The van der Waals surface area contributed by atoms with Crippen LogP contribution in [0.5, 0.6) is 0 Å². The van der Waals surface area contributed by atoms with E-state index in [9.17, 15) is 18.0 Å². The van der Waals surface area contributed by atoms with Gasteiger partial charge in [0.15, 0.2) is 0 Å². The van der Waals surface area contributed by atoms with Crippen LogP contribution >= 0.6 is 0 Å². The van der Waals surface area contributed by atoms with Crippen LogP contribution in [0.3, 0.4) is 0 Å². The minimum atomic E-state index is -3.87. The molecule has 32 heavy (non-hydrogen) atoms. The number of hydrogen-bond donors (Lipinski definition) is 3. The Balaban J connectivity index is 1.56. The molecule has 0 aliphatic heterocycles. The van der Waals surface area contributed by atoms with E-state index in [0.29, 0.717) is 28.0 Å². The van der Waals surface area contributed by atoms with E-state index in [1.807, 2.05) is 13.0 Å². The molecular weight excluding hydrogens is 428 g/mol. The molecule has 8 nitrogen and oxygen atoms in total. The molecule has 0 unspecified atom stereocenters. The number of anilines is 2. The summed E-state index contributed by atoms with van der Waals surface area (Å²) >= 11 is 0. The van der Waals surface area contributed by atoms with Crippen molar-refractivity contribution in [3.05, 3.63) is 88.3 Å². The van der Waals surface area contributed by atoms with Gasteiger partial charge in [0.2, 0.25) is 5.91 Å². The molecule has 0 radical (unpaired) electrons. The van der Waals surface area contributed by atoms with Crippen LogP contribution < -0.4 is 15.7 Å². The number of carbonyl (C=O) groups is 1. The van der Waals surface area contributed by atoms with Gasteiger partial charge in [0.25, 0.3) is 10.0 Å². The van der Waals surface area contributed by atoms with Crippen LogP contribution in [-0.2, 0) is 21.4 Å². The summed E-state index contributed by atoms with van der Waals surface area (Å²) in [5, 5.41) is 2.68. The molecule has 3 N–H and O–H groups in total. The number of aromatic nitrogens is 2. The average Bonchev–Trinajstić information content (AvgIpc) is 3.04. The Morgan fingerprint density at radius 1 is 0.969 bits per heavy atom. The zero-order valence-electron chi connectivity index (χ0n) is 17.5. The van der Waals surface area contributed by atoms with Crippen molar-refractivity contribution < 1.29 is 13.2 Å². The lowest BCUT2D eigenvalue weighted by molar-refractivity contribution is -0.116. The van der Waals surface area contributed by atoms with Gasteiger partial charge in [0.1, 0.15) is 6.54 Å². The number of amides is 1. The van der Waals surface area contributed by atoms with Gasteiger partial charge in [-0.05, 0) is 61.4 Å². The molecule has 0 saturated carbocycles. The van der Waals surface area contributed by atoms with E-state index in [0.717, 1.165) is 5.56 Å². The van der Waals surface area contributed by atoms with Crippen molar-refractivity contribution in [2.75, 3.05) is 10.0 Å². The number of nitrogens with one attached hydrogen (secondary N) is 3. The molecule has 0 aliphatic carbocycles. The standard InChI is InChI=1S/C23H22N4O4S/c1-15-6-5-7-18(12-15)26-32(30,31)21-13-17(11-10-16(21)2)24-22(28)14-27-20-9-4-3-8-19(20)25-23(27)29/h3-13,26H,14H2,1-2H3,(H,24,28)(H,25,29). The summed E-state index contributed by atoms with van der Waals surface area (Å²) in [5.41, 5.74) is 3.09. The largest absolute Gasteiger partial charge is 0.326 e. The second kappa shape index (κ2) is 8.35. The van der Waals surface area contributed by atoms with Crippen LogP contribution in [-0.4, -0.2) is 23.9 Å². The smallest absolute Gasteiger partial charge is 0.324 e. The SMILES string of the molecule is Cc1cccc(NS(=O)(=O)c2cc(NC(=O)Cn3c(=O)[nH]c4ccccc43)ccc2C)c1. The predicted octanol–water partition coefficient (Wildman–Crippen LogP) is 3.39. The van der Waals surface area contributed by atoms with Gasteiger partial charge >= 0.3 is 5.69 Å². The number of fused-ring (bicyclic) bond motifs is 1. The zero-order valence-corrected chi connectivity index (χ0v) is 18.4. The van der Waals surface area contributed by atoms with Crippen LogP contribution in [0.2, 0.25) is 0 Å². The maximum Gasteiger partial charge on any atom is 0.326 e. The molecule has 1 amide bonds. The first-order valence-corrected chi connectivity index (χ1v) is 11.4. The molecule has 0 bridgehead atoms. The third kappa shape index (κ3) is 4.42. The molecule has 164 valence electrons. The number of imidazole rings is 1. The quantitative estimate of drug-likeness (QED) is 0.418. The maximum absolute atomic E-state index is 12.9. The summed E-state index contributed by atoms with van der Waals surface area (Å²) in [7, 11) is -3.87. The summed E-state index contributed by atoms with van der Waals surface area (Å²) in [6.07, 6.45) is 0. The summed E-state index contributed by atoms with van der Waals surface area (Å²) in [4.78, 5) is 27.6. The molecule has 9 heteroatoms. The van der Waals surface area contributed by atoms with Crippen molar-refractivity contribution in [3.8, 4) is 0 Å². The van der Waals surface area contributed by atoms with E-state index >= 15 is 0 Å². The lowest BCUT2D eigenvalue weighted by Crippen LogP contribution is -2.26. The fraction of sp³-hybridized carbons (Fsp3) is 0.130. The first kappa shape index (κ1) is 21.4. The van der Waals surface area contributed by atoms with E-state index in [2.05, 4.69) is 15.0 Å². The minimum Gasteiger partial charge on any atom is -0.324 e. The van der Waals surface area contributed by atoms with Gasteiger partial charge in [0, 0.05) is 11.4 Å². The second-order valence-electron chi connectivity index (χ2n) is 7.54. The van der Waals surface area contributed by atoms with Crippen molar-refractivity contribution in [3.63, 3.8) is 0 Å². The fourth-order valence-corrected chi connectivity index (χ4v) is 4.82. The molecule has 0 fully saturated rings. The van der Waals surface area contributed by atoms with Crippen LogP contribution in [0.4, 0.5) is 11.4 Å². The van der Waals surface area contributed by atoms with Gasteiger partial charge in [-0.1, -0.05) is 30.3 Å². The predicted molar refractivity (Wildman–Crippen MR) is 124 cm³/mol. The van der Waals surface area contributed by atoms with Crippen LogP contribution in [0.25, 0.3) is 11.0 Å². The zero-order chi connectivity index (χ0) is 22.9. The van der Waals surface area contributed by atoms with Gasteiger partial charge in [-0.3, -0.25) is 14.1 Å². The van der Waals surface area contributed by atoms with Crippen molar-refractivity contribution in [2.24, 2.45) is 0 Å². The third-order valence-electron chi connectivity index (χ3n) is 5.02. The highest BCUT2D eigenvalue weighted by Gasteiger charge is 2.19. The third-order valence-corrected chi connectivity index (χ3v) is 6.54. The molecule has 0 saturated heterocycles. The Hall–Kier alpha value is -3.85. The van der Waals surface area contributed by atoms with Crippen LogP contribution in [0.1, 0.15) is 11.1 Å². The van der Waals surface area contributed by atoms with E-state index in [-0.39, 0.29) is 11.4 Å². The van der Waals surface area contributed by atoms with Gasteiger partial charge in [0.05, 0.1) is 15.9 Å². The molecule has 4 rings (SSSR count). The van der Waals surface area contributed by atoms with Crippen LogP contribution in [0, 0.1) is 13.8 Å². The first-order chi connectivity index (χ1) is 15.2. The average molecular weight is 451 g/mol. The fourth-order valence-electron chi connectivity index (χ4n) is 3.49. The number of sulfonamides is 1. The number of aryl methyl sites for hydroxylation is 2. The number of para-hydroxylation sites is 2. The molecule has 4 aromatic rings. The summed E-state index contributed by atoms with van der Waals surface area (Å²) in [6, 6.07) is 18.8. The van der Waals surface area contributed by atoms with E-state index in [1.54, 1.807) is 61.5 Å². The number of aromatic amines is 1. The highest BCUT2D eigenvalue weighted by atomic mass is 32.2. The van der Waals surface area contributed by atoms with E-state index < -0.39 is 21.6 Å². The lowest BCUT2D eigenvalue weighted by Gasteiger charge is -2.13. The topological polar surface area (TPSA) is 113 Å². The Bertz CT molecular complexity index is 1490. The monoisotopic (exact) mass is 450 g/mol. The Morgan fingerprint density at radius 3 is 2.53 bits per heavy atom. The maximum atomic E-state index is 12.9. The molecule has 0 atom stereocenters. The highest BCUT2D eigenvalue weighted by molar-refractivity contribution is 7.92. The Labute approximate surface area is 185 Å². The minimum absolute atomic E-state index is 0.0565. The molecular formula is C23H22N4O4S. The summed E-state index contributed by atoms with van der Waals surface area (Å²) in [6.45, 7) is 3.35. The molecule has 0 aliphatic rings. The number of carbonyl (C=O) groups excluding carboxylic acids is 1. The molecule has 0 spiro atoms. The van der Waals surface area contributed by atoms with E-state index in [1.165, 1.54) is 10.6 Å². The number of H-pyrrole nitrogens is 1. The second-order valence-corrected chi connectivity index (χ2v) is 9.19. The van der Waals surface area contributed by atoms with Crippen molar-refractivity contribution in [1.82, 2.24) is 9.55 Å². The molecule has 1 heterocycles. The number of hydrogen-bond acceptors (Lipinski definition) is 4. The molecule has 3 aromatic carbocycles. The summed E-state index contributed by atoms with van der Waals surface area (Å²) in [5.74, 6) is -0.448. The highest BCUT2D eigenvalue weighted by Crippen LogP contribution is 2.23. The van der Waals surface area contributed by atoms with Gasteiger partial charge in [-0.15, -0.1) is 0 Å². The van der Waals surface area contributed by atoms with Crippen molar-refractivity contribution in [1.29, 1.82) is 0 Å². The number of nitrogens with zero attached hydrogens (tertiary/aromatic N) is 1. The Kier molecular flexibility index (Phi) is 5.58. The lowest BCUT2D eigenvalue weighted by atomic mass is 10.2.